The largest absolute Gasteiger partial charge is 0.478 e. The fourth-order valence-electron chi connectivity index (χ4n) is 2.67. The Morgan fingerprint density at radius 3 is 2.45 bits per heavy atom. The molecule has 1 N–H and O–H groups in total. The summed E-state index contributed by atoms with van der Waals surface area (Å²) in [5.41, 5.74) is 3.73. The second kappa shape index (κ2) is 6.73. The van der Waals surface area contributed by atoms with Gasteiger partial charge in [-0.25, -0.2) is 4.79 Å². The van der Waals surface area contributed by atoms with Gasteiger partial charge in [0.05, 0.1) is 18.8 Å². The lowest BCUT2D eigenvalue weighted by molar-refractivity contribution is 0.0342. The first-order valence-corrected chi connectivity index (χ1v) is 7.45. The van der Waals surface area contributed by atoms with E-state index in [4.69, 9.17) is 9.84 Å². The van der Waals surface area contributed by atoms with Gasteiger partial charge in [-0.3, -0.25) is 4.90 Å². The number of benzene rings is 2. The van der Waals surface area contributed by atoms with Gasteiger partial charge in [0.1, 0.15) is 0 Å². The Bertz CT molecular complexity index is 646. The number of ether oxygens (including phenoxy) is 1. The predicted octanol–water partition coefficient (Wildman–Crippen LogP) is 2.88. The Balaban J connectivity index is 1.76. The van der Waals surface area contributed by atoms with Crippen LogP contribution in [-0.4, -0.2) is 42.3 Å². The lowest BCUT2D eigenvalue weighted by Crippen LogP contribution is -2.35. The molecule has 0 radical (unpaired) electrons. The van der Waals surface area contributed by atoms with Crippen LogP contribution >= 0.6 is 0 Å². The number of aromatic carboxylic acids is 1. The van der Waals surface area contributed by atoms with Gasteiger partial charge in [0.25, 0.3) is 0 Å². The number of rotatable bonds is 4. The Hall–Kier alpha value is -2.17. The third kappa shape index (κ3) is 3.53. The lowest BCUT2D eigenvalue weighted by Gasteiger charge is -2.26. The van der Waals surface area contributed by atoms with Crippen LogP contribution in [0.4, 0.5) is 0 Å². The number of carboxylic acids is 1. The smallest absolute Gasteiger partial charge is 0.335 e. The van der Waals surface area contributed by atoms with Gasteiger partial charge >= 0.3 is 5.97 Å². The minimum absolute atomic E-state index is 0.313. The van der Waals surface area contributed by atoms with Crippen molar-refractivity contribution in [1.82, 2.24) is 4.90 Å². The molecule has 0 bridgehead atoms. The molecule has 1 aliphatic heterocycles. The van der Waals surface area contributed by atoms with E-state index in [2.05, 4.69) is 29.2 Å². The molecular weight excluding hydrogens is 278 g/mol. The quantitative estimate of drug-likeness (QED) is 0.942. The average molecular weight is 297 g/mol. The van der Waals surface area contributed by atoms with Gasteiger partial charge in [-0.2, -0.15) is 0 Å². The molecular formula is C18H19NO3. The lowest BCUT2D eigenvalue weighted by atomic mass is 10.0. The van der Waals surface area contributed by atoms with Crippen LogP contribution in [0.25, 0.3) is 11.1 Å². The summed E-state index contributed by atoms with van der Waals surface area (Å²) < 4.78 is 5.37. The molecule has 4 heteroatoms. The number of hydrogen-bond acceptors (Lipinski definition) is 3. The topological polar surface area (TPSA) is 49.8 Å². The van der Waals surface area contributed by atoms with Gasteiger partial charge in [0, 0.05) is 19.6 Å². The van der Waals surface area contributed by atoms with Gasteiger partial charge in [-0.05, 0) is 34.9 Å². The van der Waals surface area contributed by atoms with Crippen molar-refractivity contribution in [3.05, 3.63) is 59.7 Å². The van der Waals surface area contributed by atoms with Crippen LogP contribution < -0.4 is 0 Å². The van der Waals surface area contributed by atoms with E-state index in [0.29, 0.717) is 5.56 Å². The molecule has 0 unspecified atom stereocenters. The molecule has 1 fully saturated rings. The maximum atomic E-state index is 10.9. The molecule has 0 atom stereocenters. The number of nitrogens with zero attached hydrogens (tertiary/aromatic N) is 1. The van der Waals surface area contributed by atoms with E-state index < -0.39 is 5.97 Å². The van der Waals surface area contributed by atoms with Gasteiger partial charge in [-0.15, -0.1) is 0 Å². The first-order valence-electron chi connectivity index (χ1n) is 7.45. The highest BCUT2D eigenvalue weighted by atomic mass is 16.5. The van der Waals surface area contributed by atoms with Crippen molar-refractivity contribution < 1.29 is 14.6 Å². The SMILES string of the molecule is O=C(O)c1ccc(-c2cccc(CN3CCOCC3)c2)cc1. The summed E-state index contributed by atoms with van der Waals surface area (Å²) in [6.45, 7) is 4.46. The molecule has 0 aromatic heterocycles. The Kier molecular flexibility index (Phi) is 4.51. The van der Waals surface area contributed by atoms with Gasteiger partial charge in [-0.1, -0.05) is 30.3 Å². The van der Waals surface area contributed by atoms with Crippen LogP contribution in [0.15, 0.2) is 48.5 Å². The summed E-state index contributed by atoms with van der Waals surface area (Å²) >= 11 is 0. The van der Waals surface area contributed by atoms with E-state index >= 15 is 0 Å². The molecule has 1 aliphatic rings. The molecule has 3 rings (SSSR count). The monoisotopic (exact) mass is 297 g/mol. The van der Waals surface area contributed by atoms with Gasteiger partial charge < -0.3 is 9.84 Å². The maximum Gasteiger partial charge on any atom is 0.335 e. The maximum absolute atomic E-state index is 10.9. The molecule has 2 aromatic rings. The summed E-state index contributed by atoms with van der Waals surface area (Å²) in [7, 11) is 0. The molecule has 2 aromatic carbocycles. The van der Waals surface area contributed by atoms with Crippen molar-refractivity contribution in [3.8, 4) is 11.1 Å². The number of carboxylic acid groups (broad SMARTS) is 1. The molecule has 114 valence electrons. The van der Waals surface area contributed by atoms with Crippen LogP contribution in [0.5, 0.6) is 0 Å². The minimum Gasteiger partial charge on any atom is -0.478 e. The predicted molar refractivity (Wildman–Crippen MR) is 84.9 cm³/mol. The Morgan fingerprint density at radius 2 is 1.77 bits per heavy atom. The molecule has 1 saturated heterocycles. The molecule has 0 saturated carbocycles. The highest BCUT2D eigenvalue weighted by molar-refractivity contribution is 5.88. The zero-order valence-corrected chi connectivity index (χ0v) is 12.4. The van der Waals surface area contributed by atoms with Crippen LogP contribution in [-0.2, 0) is 11.3 Å². The van der Waals surface area contributed by atoms with Crippen molar-refractivity contribution >= 4 is 5.97 Å². The fraction of sp³-hybridized carbons (Fsp3) is 0.278. The first-order chi connectivity index (χ1) is 10.7. The highest BCUT2D eigenvalue weighted by Gasteiger charge is 2.11. The second-order valence-electron chi connectivity index (χ2n) is 5.47. The number of hydrogen-bond donors (Lipinski definition) is 1. The molecule has 0 amide bonds. The second-order valence-corrected chi connectivity index (χ2v) is 5.47. The molecule has 1 heterocycles. The number of morpholine rings is 1. The van der Waals surface area contributed by atoms with Crippen LogP contribution in [0.3, 0.4) is 0 Å². The zero-order chi connectivity index (χ0) is 15.4. The third-order valence-electron chi connectivity index (χ3n) is 3.90. The van der Waals surface area contributed by atoms with Gasteiger partial charge in [0.2, 0.25) is 0 Å². The zero-order valence-electron chi connectivity index (χ0n) is 12.4. The molecule has 0 spiro atoms. The summed E-state index contributed by atoms with van der Waals surface area (Å²) in [5, 5.41) is 8.96. The van der Waals surface area contributed by atoms with Crippen LogP contribution in [0.2, 0.25) is 0 Å². The summed E-state index contributed by atoms with van der Waals surface area (Å²) in [6.07, 6.45) is 0. The summed E-state index contributed by atoms with van der Waals surface area (Å²) in [4.78, 5) is 13.3. The van der Waals surface area contributed by atoms with Crippen LogP contribution in [0, 0.1) is 0 Å². The highest BCUT2D eigenvalue weighted by Crippen LogP contribution is 2.22. The Morgan fingerprint density at radius 1 is 1.05 bits per heavy atom. The van der Waals surface area contributed by atoms with E-state index in [1.54, 1.807) is 12.1 Å². The normalized spacial score (nSPS) is 15.6. The molecule has 4 nitrogen and oxygen atoms in total. The first kappa shape index (κ1) is 14.8. The van der Waals surface area contributed by atoms with E-state index in [-0.39, 0.29) is 0 Å². The van der Waals surface area contributed by atoms with Crippen molar-refractivity contribution in [2.75, 3.05) is 26.3 Å². The third-order valence-corrected chi connectivity index (χ3v) is 3.90. The van der Waals surface area contributed by atoms with E-state index in [1.165, 1.54) is 5.56 Å². The fourth-order valence-corrected chi connectivity index (χ4v) is 2.67. The number of carbonyl (C=O) groups is 1. The van der Waals surface area contributed by atoms with E-state index in [9.17, 15) is 4.79 Å². The summed E-state index contributed by atoms with van der Waals surface area (Å²) in [6, 6.07) is 15.4. The van der Waals surface area contributed by atoms with Crippen molar-refractivity contribution in [3.63, 3.8) is 0 Å². The van der Waals surface area contributed by atoms with E-state index in [1.807, 2.05) is 12.1 Å². The average Bonchev–Trinajstić information content (AvgIpc) is 2.56. The van der Waals surface area contributed by atoms with Crippen molar-refractivity contribution in [2.24, 2.45) is 0 Å². The van der Waals surface area contributed by atoms with Crippen molar-refractivity contribution in [2.45, 2.75) is 6.54 Å². The van der Waals surface area contributed by atoms with Crippen LogP contribution in [0.1, 0.15) is 15.9 Å². The standard InChI is InChI=1S/C18H19NO3/c20-18(21)16-6-4-15(5-7-16)17-3-1-2-14(12-17)13-19-8-10-22-11-9-19/h1-7,12H,8-11,13H2,(H,20,21). The van der Waals surface area contributed by atoms with Gasteiger partial charge in [0.15, 0.2) is 0 Å². The minimum atomic E-state index is -0.896. The summed E-state index contributed by atoms with van der Waals surface area (Å²) in [5.74, 6) is -0.896. The molecule has 0 aliphatic carbocycles. The van der Waals surface area contributed by atoms with Crippen molar-refractivity contribution in [1.29, 1.82) is 0 Å². The van der Waals surface area contributed by atoms with E-state index in [0.717, 1.165) is 44.0 Å². The Labute approximate surface area is 130 Å². The molecule has 22 heavy (non-hydrogen) atoms.